The Labute approximate surface area is 257 Å². The molecular formula is C32H31ClFN5O5. The molecule has 0 bridgehead atoms. The van der Waals surface area contributed by atoms with Crippen molar-refractivity contribution in [3.8, 4) is 28.0 Å². The van der Waals surface area contributed by atoms with Gasteiger partial charge in [0.2, 0.25) is 5.91 Å². The van der Waals surface area contributed by atoms with Crippen LogP contribution in [0.25, 0.3) is 22.3 Å². The van der Waals surface area contributed by atoms with Gasteiger partial charge in [0.25, 0.3) is 11.5 Å². The number of halogens is 2. The largest absolute Gasteiger partial charge is 0.507 e. The first-order chi connectivity index (χ1) is 21.0. The van der Waals surface area contributed by atoms with E-state index in [9.17, 15) is 24.3 Å². The Morgan fingerprint density at radius 1 is 1.09 bits per heavy atom. The van der Waals surface area contributed by atoms with Gasteiger partial charge >= 0.3 is 5.69 Å². The Bertz CT molecular complexity index is 1900. The fourth-order valence-electron chi connectivity index (χ4n) is 5.33. The van der Waals surface area contributed by atoms with E-state index in [0.717, 1.165) is 9.13 Å². The standard InChI is InChI=1S/C32H31ClFN5O5/c1-17-20(6-5-9-26(17)37-30(42)24-16-38(2)32(44)39(3)31(24)43)22-8-4-7-21(29(22)33)18-12-25(34)23(27(40)13-18)15-35-14-19-10-11-28(41)36-19/h4-9,12-13,16,19,35,40H,10-11,14-15H2,1-3H3,(H,36,41)(H,37,42)/t19-/m0/s1. The SMILES string of the molecule is Cc1c(NC(=O)c2cn(C)c(=O)n(C)c2=O)cccc1-c1cccc(-c2cc(O)c(CNC[C@@H]3CCC(=O)N3)c(F)c2)c1Cl. The number of hydrogen-bond acceptors (Lipinski definition) is 6. The molecule has 1 fully saturated rings. The first-order valence-corrected chi connectivity index (χ1v) is 14.3. The van der Waals surface area contributed by atoms with Gasteiger partial charge in [-0.05, 0) is 48.2 Å². The van der Waals surface area contributed by atoms with Crippen LogP contribution >= 0.6 is 11.6 Å². The minimum absolute atomic E-state index is 0.00523. The molecule has 3 aromatic carbocycles. The summed E-state index contributed by atoms with van der Waals surface area (Å²) in [6.45, 7) is 2.33. The Kier molecular flexibility index (Phi) is 8.70. The van der Waals surface area contributed by atoms with Crippen molar-refractivity contribution < 1.29 is 19.1 Å². The smallest absolute Gasteiger partial charge is 0.330 e. The van der Waals surface area contributed by atoms with Gasteiger partial charge in [0.05, 0.1) is 5.02 Å². The van der Waals surface area contributed by atoms with Crippen LogP contribution in [0.3, 0.4) is 0 Å². The van der Waals surface area contributed by atoms with Gasteiger partial charge in [-0.1, -0.05) is 41.9 Å². The minimum Gasteiger partial charge on any atom is -0.507 e. The Balaban J connectivity index is 1.40. The van der Waals surface area contributed by atoms with E-state index in [1.807, 2.05) is 6.07 Å². The molecule has 0 spiro atoms. The van der Waals surface area contributed by atoms with Crippen molar-refractivity contribution in [2.45, 2.75) is 32.4 Å². The number of aryl methyl sites for hydroxylation is 1. The fraction of sp³-hybridized carbons (Fsp3) is 0.250. The molecule has 2 amide bonds. The third-order valence-corrected chi connectivity index (χ3v) is 8.23. The van der Waals surface area contributed by atoms with Crippen LogP contribution in [0.1, 0.15) is 34.3 Å². The third kappa shape index (κ3) is 6.01. The lowest BCUT2D eigenvalue weighted by atomic mass is 9.94. The van der Waals surface area contributed by atoms with Gasteiger partial charge in [0.1, 0.15) is 17.1 Å². The average Bonchev–Trinajstić information content (AvgIpc) is 3.41. The molecule has 10 nitrogen and oxygen atoms in total. The monoisotopic (exact) mass is 619 g/mol. The van der Waals surface area contributed by atoms with E-state index < -0.39 is 23.0 Å². The molecule has 4 aromatic rings. The van der Waals surface area contributed by atoms with Crippen molar-refractivity contribution in [3.63, 3.8) is 0 Å². The highest BCUT2D eigenvalue weighted by Crippen LogP contribution is 2.40. The molecule has 1 aliphatic heterocycles. The summed E-state index contributed by atoms with van der Waals surface area (Å²) in [6, 6.07) is 13.2. The zero-order chi connectivity index (χ0) is 31.7. The van der Waals surface area contributed by atoms with Gasteiger partial charge in [0, 0.05) is 68.2 Å². The number of benzene rings is 3. The lowest BCUT2D eigenvalue weighted by molar-refractivity contribution is -0.119. The average molecular weight is 620 g/mol. The van der Waals surface area contributed by atoms with Gasteiger partial charge in [-0.15, -0.1) is 0 Å². The van der Waals surface area contributed by atoms with Crippen molar-refractivity contribution in [1.29, 1.82) is 0 Å². The lowest BCUT2D eigenvalue weighted by Crippen LogP contribution is -2.40. The number of hydrogen-bond donors (Lipinski definition) is 4. The topological polar surface area (TPSA) is 134 Å². The molecular weight excluding hydrogens is 589 g/mol. The van der Waals surface area contributed by atoms with Crippen LogP contribution in [0, 0.1) is 12.7 Å². The summed E-state index contributed by atoms with van der Waals surface area (Å²) >= 11 is 6.87. The molecule has 1 aromatic heterocycles. The van der Waals surface area contributed by atoms with Crippen LogP contribution in [0.15, 0.2) is 64.3 Å². The molecule has 0 saturated carbocycles. The second kappa shape index (κ2) is 12.5. The third-order valence-electron chi connectivity index (χ3n) is 7.82. The first-order valence-electron chi connectivity index (χ1n) is 13.9. The maximum Gasteiger partial charge on any atom is 0.330 e. The Morgan fingerprint density at radius 3 is 2.50 bits per heavy atom. The summed E-state index contributed by atoms with van der Waals surface area (Å²) in [6.07, 6.45) is 2.37. The van der Waals surface area contributed by atoms with Crippen LogP contribution in [-0.2, 0) is 25.4 Å². The summed E-state index contributed by atoms with van der Waals surface area (Å²) in [5, 5.41) is 19.7. The number of phenols is 1. The van der Waals surface area contributed by atoms with Crippen LogP contribution in [0.4, 0.5) is 10.1 Å². The zero-order valence-electron chi connectivity index (χ0n) is 24.3. The highest BCUT2D eigenvalue weighted by atomic mass is 35.5. The molecule has 2 heterocycles. The van der Waals surface area contributed by atoms with Crippen molar-refractivity contribution in [3.05, 3.63) is 103 Å². The highest BCUT2D eigenvalue weighted by molar-refractivity contribution is 6.36. The Hall–Kier alpha value is -4.74. The number of anilines is 1. The molecule has 1 saturated heterocycles. The van der Waals surface area contributed by atoms with Crippen LogP contribution in [0.2, 0.25) is 5.02 Å². The van der Waals surface area contributed by atoms with Gasteiger partial charge < -0.3 is 25.6 Å². The normalized spacial score (nSPS) is 14.5. The number of rotatable bonds is 8. The summed E-state index contributed by atoms with van der Waals surface area (Å²) in [4.78, 5) is 49.0. The molecule has 1 atom stereocenters. The number of amides is 2. The number of phenolic OH excluding ortho intramolecular Hbond substituents is 1. The van der Waals surface area contributed by atoms with Crippen LogP contribution < -0.4 is 27.2 Å². The number of aromatic nitrogens is 2. The number of carbonyl (C=O) groups excluding carboxylic acids is 2. The van der Waals surface area contributed by atoms with E-state index in [1.54, 1.807) is 37.3 Å². The highest BCUT2D eigenvalue weighted by Gasteiger charge is 2.22. The predicted octanol–water partition coefficient (Wildman–Crippen LogP) is 3.85. The predicted molar refractivity (Wildman–Crippen MR) is 166 cm³/mol. The molecule has 0 radical (unpaired) electrons. The quantitative estimate of drug-likeness (QED) is 0.237. The van der Waals surface area contributed by atoms with Crippen LogP contribution in [-0.4, -0.2) is 38.6 Å². The summed E-state index contributed by atoms with van der Waals surface area (Å²) in [5.74, 6) is -1.51. The molecule has 0 aliphatic carbocycles. The summed E-state index contributed by atoms with van der Waals surface area (Å²) < 4.78 is 17.2. The molecule has 12 heteroatoms. The van der Waals surface area contributed by atoms with Crippen molar-refractivity contribution in [2.24, 2.45) is 14.1 Å². The van der Waals surface area contributed by atoms with Gasteiger partial charge in [-0.2, -0.15) is 0 Å². The first kappa shape index (κ1) is 30.7. The molecule has 1 aliphatic rings. The summed E-state index contributed by atoms with van der Waals surface area (Å²) in [5.41, 5.74) is 1.93. The van der Waals surface area contributed by atoms with E-state index in [2.05, 4.69) is 16.0 Å². The maximum atomic E-state index is 15.2. The Morgan fingerprint density at radius 2 is 1.80 bits per heavy atom. The maximum absolute atomic E-state index is 15.2. The fourth-order valence-corrected chi connectivity index (χ4v) is 5.67. The number of nitrogens with zero attached hydrogens (tertiary/aromatic N) is 2. The zero-order valence-corrected chi connectivity index (χ0v) is 25.1. The minimum atomic E-state index is -0.713. The molecule has 0 unspecified atom stereocenters. The van der Waals surface area contributed by atoms with Crippen LogP contribution in [0.5, 0.6) is 5.75 Å². The second-order valence-electron chi connectivity index (χ2n) is 10.8. The van der Waals surface area contributed by atoms with E-state index in [1.165, 1.54) is 32.4 Å². The summed E-state index contributed by atoms with van der Waals surface area (Å²) in [7, 11) is 2.76. The number of carbonyl (C=O) groups is 2. The number of nitrogens with one attached hydrogen (secondary N) is 3. The van der Waals surface area contributed by atoms with Gasteiger partial charge in [0.15, 0.2) is 0 Å². The van der Waals surface area contributed by atoms with Gasteiger partial charge in [-0.25, -0.2) is 9.18 Å². The molecule has 4 N–H and O–H groups in total. The van der Waals surface area contributed by atoms with Crippen molar-refractivity contribution in [1.82, 2.24) is 19.8 Å². The lowest BCUT2D eigenvalue weighted by Gasteiger charge is -2.17. The van der Waals surface area contributed by atoms with Gasteiger partial charge in [-0.3, -0.25) is 19.0 Å². The second-order valence-corrected chi connectivity index (χ2v) is 11.2. The van der Waals surface area contributed by atoms with E-state index >= 15 is 4.39 Å². The van der Waals surface area contributed by atoms with Crippen molar-refractivity contribution in [2.75, 3.05) is 11.9 Å². The molecule has 228 valence electrons. The molecule has 44 heavy (non-hydrogen) atoms. The van der Waals surface area contributed by atoms with E-state index in [4.69, 9.17) is 11.6 Å². The number of aromatic hydroxyl groups is 1. The molecule has 5 rings (SSSR count). The van der Waals surface area contributed by atoms with E-state index in [0.29, 0.717) is 57.9 Å². The van der Waals surface area contributed by atoms with E-state index in [-0.39, 0.29) is 35.4 Å². The van der Waals surface area contributed by atoms with Crippen molar-refractivity contribution >= 4 is 29.1 Å².